The highest BCUT2D eigenvalue weighted by atomic mass is 79.9. The Labute approximate surface area is 183 Å². The lowest BCUT2D eigenvalue weighted by Gasteiger charge is -2.55. The van der Waals surface area contributed by atoms with Crippen LogP contribution in [0.5, 0.6) is 11.5 Å². The Kier molecular flexibility index (Phi) is 5.16. The molecule has 2 aromatic carbocycles. The van der Waals surface area contributed by atoms with Crippen LogP contribution < -0.4 is 9.64 Å². The topological polar surface area (TPSA) is 24.9 Å². The summed E-state index contributed by atoms with van der Waals surface area (Å²) in [5.74, 6) is 1.82. The Bertz CT molecular complexity index is 825. The maximum atomic E-state index is 6.17. The van der Waals surface area contributed by atoms with E-state index < -0.39 is 0 Å². The molecular formula is C22H24Br2N2O2. The van der Waals surface area contributed by atoms with Crippen molar-refractivity contribution in [2.75, 3.05) is 44.3 Å². The Hall–Kier alpha value is -1.08. The van der Waals surface area contributed by atoms with Gasteiger partial charge in [-0.1, -0.05) is 38.3 Å². The predicted octanol–water partition coefficient (Wildman–Crippen LogP) is 5.96. The normalized spacial score (nSPS) is 19.4. The third kappa shape index (κ3) is 3.60. The molecule has 2 fully saturated rings. The summed E-state index contributed by atoms with van der Waals surface area (Å²) in [5, 5.41) is 0. The number of hydrogen-bond acceptors (Lipinski definition) is 4. The number of ether oxygens (including phenoxy) is 2. The van der Waals surface area contributed by atoms with Crippen molar-refractivity contribution < 1.29 is 9.47 Å². The van der Waals surface area contributed by atoms with Gasteiger partial charge in [0.25, 0.3) is 0 Å². The van der Waals surface area contributed by atoms with Gasteiger partial charge < -0.3 is 19.3 Å². The number of benzene rings is 2. The fourth-order valence-electron chi connectivity index (χ4n) is 4.49. The molecule has 3 heterocycles. The molecule has 4 nitrogen and oxygen atoms in total. The quantitative estimate of drug-likeness (QED) is 0.450. The smallest absolute Gasteiger partial charge is 0.152 e. The Morgan fingerprint density at radius 2 is 1.43 bits per heavy atom. The van der Waals surface area contributed by atoms with Crippen LogP contribution in [0.2, 0.25) is 0 Å². The summed E-state index contributed by atoms with van der Waals surface area (Å²) in [4.78, 5) is 4.98. The average Bonchev–Trinajstić information content (AvgIpc) is 2.60. The third-order valence-electron chi connectivity index (χ3n) is 5.94. The molecule has 6 heteroatoms. The third-order valence-corrected chi connectivity index (χ3v) is 6.92. The molecule has 3 aliphatic rings. The highest BCUT2D eigenvalue weighted by Crippen LogP contribution is 2.48. The molecule has 0 bridgehead atoms. The fraction of sp³-hybridized carbons (Fsp3) is 0.455. The van der Waals surface area contributed by atoms with Crippen molar-refractivity contribution in [1.82, 2.24) is 4.90 Å². The number of unbranched alkanes of at least 4 members (excludes halogenated alkanes) is 2. The van der Waals surface area contributed by atoms with Gasteiger partial charge in [0, 0.05) is 34.0 Å². The second-order valence-corrected chi connectivity index (χ2v) is 10.1. The van der Waals surface area contributed by atoms with Gasteiger partial charge in [0.1, 0.15) is 0 Å². The maximum Gasteiger partial charge on any atom is 0.152 e. The molecule has 1 spiro atoms. The van der Waals surface area contributed by atoms with Gasteiger partial charge in [0.05, 0.1) is 24.6 Å². The molecule has 28 heavy (non-hydrogen) atoms. The summed E-state index contributed by atoms with van der Waals surface area (Å²) < 4.78 is 13.6. The minimum absolute atomic E-state index is 0.532. The second kappa shape index (κ2) is 7.63. The second-order valence-electron chi connectivity index (χ2n) is 8.24. The summed E-state index contributed by atoms with van der Waals surface area (Å²) in [6.45, 7) is 6.65. The molecule has 0 N–H and O–H groups in total. The van der Waals surface area contributed by atoms with Crippen LogP contribution in [0.4, 0.5) is 11.4 Å². The molecule has 2 aromatic rings. The first-order valence-electron chi connectivity index (χ1n) is 9.97. The van der Waals surface area contributed by atoms with Gasteiger partial charge in [-0.15, -0.1) is 0 Å². The minimum atomic E-state index is 0.532. The molecule has 0 unspecified atom stereocenters. The van der Waals surface area contributed by atoms with E-state index >= 15 is 0 Å². The number of halogens is 2. The number of hydrogen-bond donors (Lipinski definition) is 0. The van der Waals surface area contributed by atoms with E-state index in [-0.39, 0.29) is 0 Å². The molecule has 0 radical (unpaired) electrons. The van der Waals surface area contributed by atoms with E-state index in [0.717, 1.165) is 51.6 Å². The van der Waals surface area contributed by atoms with Crippen LogP contribution in [0.25, 0.3) is 0 Å². The standard InChI is InChI=1S/C22H24Br2N2O2/c23-16-4-6-18-20(10-16)28-21-11-17(24)5-7-19(21)26(18)9-3-1-2-8-25-12-22(13-25)14-27-15-22/h4-7,10-11H,1-3,8-9,12-15H2. The number of anilines is 2. The molecule has 0 atom stereocenters. The first kappa shape index (κ1) is 18.9. The lowest BCUT2D eigenvalue weighted by atomic mass is 9.78. The zero-order valence-electron chi connectivity index (χ0n) is 15.8. The first-order chi connectivity index (χ1) is 13.6. The van der Waals surface area contributed by atoms with E-state index in [1.54, 1.807) is 0 Å². The predicted molar refractivity (Wildman–Crippen MR) is 119 cm³/mol. The molecule has 0 aromatic heterocycles. The maximum absolute atomic E-state index is 6.17. The molecule has 148 valence electrons. The molecule has 0 amide bonds. The average molecular weight is 508 g/mol. The fourth-order valence-corrected chi connectivity index (χ4v) is 5.17. The molecule has 3 aliphatic heterocycles. The van der Waals surface area contributed by atoms with Gasteiger partial charge in [-0.25, -0.2) is 0 Å². The monoisotopic (exact) mass is 506 g/mol. The van der Waals surface area contributed by atoms with Crippen LogP contribution in [0.3, 0.4) is 0 Å². The van der Waals surface area contributed by atoms with E-state index in [1.165, 1.54) is 38.9 Å². The highest BCUT2D eigenvalue weighted by molar-refractivity contribution is 9.10. The Morgan fingerprint density at radius 1 is 0.821 bits per heavy atom. The summed E-state index contributed by atoms with van der Waals surface area (Å²) in [7, 11) is 0. The van der Waals surface area contributed by atoms with Crippen LogP contribution in [-0.4, -0.2) is 44.3 Å². The van der Waals surface area contributed by atoms with Crippen molar-refractivity contribution in [1.29, 1.82) is 0 Å². The van der Waals surface area contributed by atoms with E-state index in [4.69, 9.17) is 9.47 Å². The van der Waals surface area contributed by atoms with Crippen LogP contribution in [0.1, 0.15) is 19.3 Å². The van der Waals surface area contributed by atoms with E-state index in [1.807, 2.05) is 0 Å². The summed E-state index contributed by atoms with van der Waals surface area (Å²) in [6.07, 6.45) is 3.68. The van der Waals surface area contributed by atoms with Gasteiger partial charge in [-0.05, 0) is 55.8 Å². The van der Waals surface area contributed by atoms with E-state index in [2.05, 4.69) is 78.1 Å². The summed E-state index contributed by atoms with van der Waals surface area (Å²) in [6, 6.07) is 12.6. The van der Waals surface area contributed by atoms with Crippen LogP contribution in [0.15, 0.2) is 45.3 Å². The van der Waals surface area contributed by atoms with Gasteiger partial charge >= 0.3 is 0 Å². The number of rotatable bonds is 6. The van der Waals surface area contributed by atoms with Crippen molar-refractivity contribution in [2.45, 2.75) is 19.3 Å². The Morgan fingerprint density at radius 3 is 2.00 bits per heavy atom. The van der Waals surface area contributed by atoms with Crippen LogP contribution >= 0.6 is 31.9 Å². The molecular weight excluding hydrogens is 484 g/mol. The number of fused-ring (bicyclic) bond motifs is 2. The summed E-state index contributed by atoms with van der Waals surface area (Å²) in [5.41, 5.74) is 2.82. The zero-order chi connectivity index (χ0) is 19.1. The van der Waals surface area contributed by atoms with Crippen molar-refractivity contribution in [3.8, 4) is 11.5 Å². The lowest BCUT2D eigenvalue weighted by molar-refractivity contribution is -0.188. The molecule has 5 rings (SSSR count). The van der Waals surface area contributed by atoms with Gasteiger partial charge in [0.2, 0.25) is 0 Å². The largest absolute Gasteiger partial charge is 0.453 e. The Balaban J connectivity index is 1.20. The molecule has 0 saturated carbocycles. The van der Waals surface area contributed by atoms with E-state index in [0.29, 0.717) is 5.41 Å². The highest BCUT2D eigenvalue weighted by Gasteiger charge is 2.48. The van der Waals surface area contributed by atoms with Crippen molar-refractivity contribution in [3.63, 3.8) is 0 Å². The van der Waals surface area contributed by atoms with Crippen LogP contribution in [0, 0.1) is 5.41 Å². The van der Waals surface area contributed by atoms with Crippen molar-refractivity contribution in [2.24, 2.45) is 5.41 Å². The van der Waals surface area contributed by atoms with Gasteiger partial charge in [-0.3, -0.25) is 0 Å². The SMILES string of the molecule is Brc1ccc2c(c1)Oc1cc(Br)ccc1N2CCCCCN1CC2(COC2)C1. The molecule has 2 saturated heterocycles. The lowest BCUT2D eigenvalue weighted by Crippen LogP contribution is -2.65. The van der Waals surface area contributed by atoms with Crippen molar-refractivity contribution >= 4 is 43.2 Å². The minimum Gasteiger partial charge on any atom is -0.453 e. The number of likely N-dealkylation sites (tertiary alicyclic amines) is 1. The van der Waals surface area contributed by atoms with Crippen LogP contribution in [-0.2, 0) is 4.74 Å². The van der Waals surface area contributed by atoms with Gasteiger partial charge in [-0.2, -0.15) is 0 Å². The zero-order valence-corrected chi connectivity index (χ0v) is 19.0. The molecule has 0 aliphatic carbocycles. The van der Waals surface area contributed by atoms with Gasteiger partial charge in [0.15, 0.2) is 11.5 Å². The first-order valence-corrected chi connectivity index (χ1v) is 11.6. The van der Waals surface area contributed by atoms with Crippen molar-refractivity contribution in [3.05, 3.63) is 45.3 Å². The summed E-state index contributed by atoms with van der Waals surface area (Å²) >= 11 is 7.12. The number of nitrogens with zero attached hydrogens (tertiary/aromatic N) is 2. The van der Waals surface area contributed by atoms with E-state index in [9.17, 15) is 0 Å².